The first kappa shape index (κ1) is 24.0. The number of amides is 2. The van der Waals surface area contributed by atoms with Gasteiger partial charge in [0.05, 0.1) is 15.5 Å². The topological polar surface area (TPSA) is 71.1 Å². The highest BCUT2D eigenvalue weighted by atomic mass is 32.2. The summed E-state index contributed by atoms with van der Waals surface area (Å²) >= 11 is 3.02. The molecule has 0 spiro atoms. The Labute approximate surface area is 208 Å². The average Bonchev–Trinajstić information content (AvgIpc) is 3.25. The third kappa shape index (κ3) is 6.46. The molecule has 4 aromatic rings. The predicted octanol–water partition coefficient (Wildman–Crippen LogP) is 6.69. The van der Waals surface area contributed by atoms with E-state index >= 15 is 0 Å². The highest BCUT2D eigenvalue weighted by Gasteiger charge is 2.20. The lowest BCUT2D eigenvalue weighted by Crippen LogP contribution is -2.24. The van der Waals surface area contributed by atoms with Gasteiger partial charge in [0.1, 0.15) is 0 Å². The normalized spacial score (nSPS) is 11.8. The van der Waals surface area contributed by atoms with Crippen molar-refractivity contribution in [1.29, 1.82) is 0 Å². The molecule has 0 bridgehead atoms. The van der Waals surface area contributed by atoms with Crippen molar-refractivity contribution in [3.05, 3.63) is 83.9 Å². The van der Waals surface area contributed by atoms with Crippen molar-refractivity contribution < 1.29 is 9.59 Å². The van der Waals surface area contributed by atoms with Crippen molar-refractivity contribution in [3.8, 4) is 0 Å². The second-order valence-corrected chi connectivity index (χ2v) is 10.5. The molecule has 0 saturated carbocycles. The summed E-state index contributed by atoms with van der Waals surface area (Å²) in [6.07, 6.45) is 1.83. The molecular formula is C27H27N3O2S2. The maximum atomic E-state index is 12.8. The van der Waals surface area contributed by atoms with E-state index in [1.54, 1.807) is 0 Å². The number of carbonyl (C=O) groups excluding carboxylic acids is 2. The predicted molar refractivity (Wildman–Crippen MR) is 143 cm³/mol. The molecule has 4 rings (SSSR count). The number of nitrogens with one attached hydrogen (secondary N) is 2. The number of benzene rings is 3. The number of thioether (sulfide) groups is 1. The first-order valence-corrected chi connectivity index (χ1v) is 13.0. The molecule has 1 unspecified atom stereocenters. The van der Waals surface area contributed by atoms with Crippen molar-refractivity contribution in [2.75, 3.05) is 10.6 Å². The van der Waals surface area contributed by atoms with Crippen LogP contribution in [0.2, 0.25) is 0 Å². The number of fused-ring (bicyclic) bond motifs is 1. The smallest absolute Gasteiger partial charge is 0.237 e. The van der Waals surface area contributed by atoms with Gasteiger partial charge in [0.25, 0.3) is 0 Å². The summed E-state index contributed by atoms with van der Waals surface area (Å²) in [5.74, 6) is -0.0388. The molecule has 0 aliphatic carbocycles. The van der Waals surface area contributed by atoms with E-state index in [0.29, 0.717) is 19.3 Å². The Morgan fingerprint density at radius 1 is 0.971 bits per heavy atom. The molecule has 1 aromatic heterocycles. The Bertz CT molecular complexity index is 1270. The summed E-state index contributed by atoms with van der Waals surface area (Å²) in [6.45, 7) is 4.02. The first-order chi connectivity index (χ1) is 16.5. The lowest BCUT2D eigenvalue weighted by atomic mass is 10.1. The fourth-order valence-electron chi connectivity index (χ4n) is 3.46. The summed E-state index contributed by atoms with van der Waals surface area (Å²) in [4.78, 5) is 29.9. The van der Waals surface area contributed by atoms with Crippen LogP contribution in [0.15, 0.2) is 77.1 Å². The van der Waals surface area contributed by atoms with E-state index in [9.17, 15) is 9.59 Å². The Morgan fingerprint density at radius 3 is 2.44 bits per heavy atom. The van der Waals surface area contributed by atoms with E-state index in [0.717, 1.165) is 37.1 Å². The Balaban J connectivity index is 1.37. The van der Waals surface area contributed by atoms with Crippen LogP contribution in [0.3, 0.4) is 0 Å². The molecule has 0 aliphatic heterocycles. The van der Waals surface area contributed by atoms with Crippen LogP contribution >= 0.6 is 23.1 Å². The van der Waals surface area contributed by atoms with Crippen LogP contribution in [0.1, 0.15) is 30.9 Å². The second kappa shape index (κ2) is 11.3. The standard InChI is InChI=1S/C27H27N3O2S2/c1-3-23(26(32)29-20-12-9-18(2)10-13-20)33-27-30-22-15-14-21(17-24(22)34-27)28-25(31)16-11-19-7-5-4-6-8-19/h4-10,12-15,17,23H,3,11,16H2,1-2H3,(H,28,31)(H,29,32). The SMILES string of the molecule is CCC(Sc1nc2ccc(NC(=O)CCc3ccccc3)cc2s1)C(=O)Nc1ccc(C)cc1. The van der Waals surface area contributed by atoms with E-state index in [1.807, 2.05) is 86.6 Å². The number of aromatic nitrogens is 1. The van der Waals surface area contributed by atoms with Crippen LogP contribution in [0.25, 0.3) is 10.2 Å². The number of rotatable bonds is 9. The van der Waals surface area contributed by atoms with Gasteiger partial charge in [-0.15, -0.1) is 11.3 Å². The monoisotopic (exact) mass is 489 g/mol. The summed E-state index contributed by atoms with van der Waals surface area (Å²) in [7, 11) is 0. The molecule has 1 heterocycles. The van der Waals surface area contributed by atoms with Crippen LogP contribution in [-0.2, 0) is 16.0 Å². The molecule has 1 atom stereocenters. The van der Waals surface area contributed by atoms with Crippen molar-refractivity contribution in [1.82, 2.24) is 4.98 Å². The van der Waals surface area contributed by atoms with Gasteiger partial charge in [0.15, 0.2) is 4.34 Å². The molecule has 174 valence electrons. The fraction of sp³-hybridized carbons (Fsp3) is 0.222. The summed E-state index contributed by atoms with van der Waals surface area (Å²) in [5.41, 5.74) is 4.72. The van der Waals surface area contributed by atoms with Crippen molar-refractivity contribution >= 4 is 56.5 Å². The number of carbonyl (C=O) groups is 2. The van der Waals surface area contributed by atoms with Gasteiger partial charge in [-0.05, 0) is 55.7 Å². The number of nitrogens with zero attached hydrogens (tertiary/aromatic N) is 1. The molecule has 7 heteroatoms. The first-order valence-electron chi connectivity index (χ1n) is 11.3. The van der Waals surface area contributed by atoms with E-state index in [1.165, 1.54) is 23.1 Å². The molecule has 34 heavy (non-hydrogen) atoms. The van der Waals surface area contributed by atoms with Gasteiger partial charge in [-0.3, -0.25) is 9.59 Å². The van der Waals surface area contributed by atoms with Gasteiger partial charge >= 0.3 is 0 Å². The maximum absolute atomic E-state index is 12.8. The maximum Gasteiger partial charge on any atom is 0.237 e. The molecule has 0 aliphatic rings. The molecule has 5 nitrogen and oxygen atoms in total. The van der Waals surface area contributed by atoms with E-state index in [4.69, 9.17) is 0 Å². The molecule has 0 fully saturated rings. The zero-order valence-electron chi connectivity index (χ0n) is 19.2. The molecule has 3 aromatic carbocycles. The van der Waals surface area contributed by atoms with E-state index in [2.05, 4.69) is 15.6 Å². The molecular weight excluding hydrogens is 462 g/mol. The zero-order chi connectivity index (χ0) is 23.9. The van der Waals surface area contributed by atoms with Gasteiger partial charge in [0.2, 0.25) is 11.8 Å². The number of anilines is 2. The summed E-state index contributed by atoms with van der Waals surface area (Å²) < 4.78 is 1.82. The summed E-state index contributed by atoms with van der Waals surface area (Å²) in [5, 5.41) is 5.75. The lowest BCUT2D eigenvalue weighted by molar-refractivity contribution is -0.116. The zero-order valence-corrected chi connectivity index (χ0v) is 20.8. The van der Waals surface area contributed by atoms with E-state index in [-0.39, 0.29) is 17.1 Å². The van der Waals surface area contributed by atoms with Gasteiger partial charge < -0.3 is 10.6 Å². The van der Waals surface area contributed by atoms with Gasteiger partial charge in [0, 0.05) is 17.8 Å². The fourth-order valence-corrected chi connectivity index (χ4v) is 5.73. The highest BCUT2D eigenvalue weighted by Crippen LogP contribution is 2.34. The number of hydrogen-bond acceptors (Lipinski definition) is 5. The second-order valence-electron chi connectivity index (χ2n) is 8.07. The Morgan fingerprint density at radius 2 is 1.71 bits per heavy atom. The van der Waals surface area contributed by atoms with Gasteiger partial charge in [-0.1, -0.05) is 66.7 Å². The molecule has 2 amide bonds. The van der Waals surface area contributed by atoms with Gasteiger partial charge in [-0.25, -0.2) is 4.98 Å². The minimum atomic E-state index is -0.237. The van der Waals surface area contributed by atoms with Crippen molar-refractivity contribution in [2.24, 2.45) is 0 Å². The third-order valence-corrected chi connectivity index (χ3v) is 7.84. The molecule has 0 radical (unpaired) electrons. The highest BCUT2D eigenvalue weighted by molar-refractivity contribution is 8.02. The number of aryl methyl sites for hydroxylation is 2. The van der Waals surface area contributed by atoms with Crippen molar-refractivity contribution in [3.63, 3.8) is 0 Å². The minimum Gasteiger partial charge on any atom is -0.326 e. The molecule has 0 saturated heterocycles. The van der Waals surface area contributed by atoms with E-state index < -0.39 is 0 Å². The van der Waals surface area contributed by atoms with Crippen molar-refractivity contribution in [2.45, 2.75) is 42.7 Å². The van der Waals surface area contributed by atoms with Crippen LogP contribution < -0.4 is 10.6 Å². The third-order valence-electron chi connectivity index (χ3n) is 5.36. The van der Waals surface area contributed by atoms with Crippen LogP contribution in [0, 0.1) is 6.92 Å². The largest absolute Gasteiger partial charge is 0.326 e. The quantitative estimate of drug-likeness (QED) is 0.257. The average molecular weight is 490 g/mol. The summed E-state index contributed by atoms with van der Waals surface area (Å²) in [6, 6.07) is 23.5. The Kier molecular flexibility index (Phi) is 7.98. The minimum absolute atomic E-state index is 0.0128. The van der Waals surface area contributed by atoms with Crippen LogP contribution in [0.5, 0.6) is 0 Å². The number of hydrogen-bond donors (Lipinski definition) is 2. The number of thiazole rings is 1. The Hall–Kier alpha value is -3.16. The van der Waals surface area contributed by atoms with Crippen LogP contribution in [0.4, 0.5) is 11.4 Å². The van der Waals surface area contributed by atoms with Crippen LogP contribution in [-0.4, -0.2) is 22.0 Å². The molecule has 2 N–H and O–H groups in total. The van der Waals surface area contributed by atoms with Gasteiger partial charge in [-0.2, -0.15) is 0 Å². The lowest BCUT2D eigenvalue weighted by Gasteiger charge is -2.13.